The number of nitrogens with zero attached hydrogens (tertiary/aromatic N) is 2. The van der Waals surface area contributed by atoms with Crippen LogP contribution >= 0.6 is 0 Å². The second kappa shape index (κ2) is 4.94. The highest BCUT2D eigenvalue weighted by atomic mass is 16.3. The average molecular weight is 180 g/mol. The first-order chi connectivity index (χ1) is 6.18. The Kier molecular flexibility index (Phi) is 3.86. The first kappa shape index (κ1) is 10.2. The second-order valence-corrected chi connectivity index (χ2v) is 3.48. The van der Waals surface area contributed by atoms with Crippen LogP contribution in [0.1, 0.15) is 5.56 Å². The summed E-state index contributed by atoms with van der Waals surface area (Å²) in [5.41, 5.74) is 1.13. The molecule has 0 saturated carbocycles. The Morgan fingerprint density at radius 2 is 2.00 bits per heavy atom. The van der Waals surface area contributed by atoms with Crippen LogP contribution in [0.15, 0.2) is 24.5 Å². The molecule has 0 radical (unpaired) electrons. The van der Waals surface area contributed by atoms with Crippen LogP contribution in [-0.4, -0.2) is 41.7 Å². The third-order valence-corrected chi connectivity index (χ3v) is 1.80. The molecule has 0 spiro atoms. The molecule has 0 fully saturated rings. The van der Waals surface area contributed by atoms with Gasteiger partial charge < -0.3 is 10.0 Å². The standard InChI is InChI=1S/C10H16N2O/c1-12(2)8-10(13)7-9-3-5-11-6-4-9/h3-6,10,13H,7-8H2,1-2H3. The van der Waals surface area contributed by atoms with Crippen LogP contribution in [0.5, 0.6) is 0 Å². The van der Waals surface area contributed by atoms with Gasteiger partial charge in [-0.3, -0.25) is 4.98 Å². The van der Waals surface area contributed by atoms with Gasteiger partial charge in [0.1, 0.15) is 0 Å². The first-order valence-electron chi connectivity index (χ1n) is 4.40. The van der Waals surface area contributed by atoms with Crippen LogP contribution < -0.4 is 0 Å². The number of aliphatic hydroxyl groups is 1. The van der Waals surface area contributed by atoms with Crippen molar-refractivity contribution in [2.24, 2.45) is 0 Å². The van der Waals surface area contributed by atoms with Crippen molar-refractivity contribution < 1.29 is 5.11 Å². The van der Waals surface area contributed by atoms with Gasteiger partial charge in [0, 0.05) is 18.9 Å². The Morgan fingerprint density at radius 1 is 1.38 bits per heavy atom. The van der Waals surface area contributed by atoms with Crippen LogP contribution in [0, 0.1) is 0 Å². The summed E-state index contributed by atoms with van der Waals surface area (Å²) in [6.45, 7) is 0.697. The number of aliphatic hydroxyl groups excluding tert-OH is 1. The summed E-state index contributed by atoms with van der Waals surface area (Å²) in [6.07, 6.45) is 3.90. The fourth-order valence-electron chi connectivity index (χ4n) is 1.28. The molecule has 0 aliphatic rings. The molecule has 1 unspecified atom stereocenters. The van der Waals surface area contributed by atoms with Crippen LogP contribution in [0.25, 0.3) is 0 Å². The van der Waals surface area contributed by atoms with Crippen molar-refractivity contribution in [3.63, 3.8) is 0 Å². The van der Waals surface area contributed by atoms with Gasteiger partial charge in [-0.2, -0.15) is 0 Å². The van der Waals surface area contributed by atoms with Crippen molar-refractivity contribution in [1.82, 2.24) is 9.88 Å². The molecule has 1 heterocycles. The molecule has 72 valence electrons. The van der Waals surface area contributed by atoms with Gasteiger partial charge in [0.25, 0.3) is 0 Å². The molecule has 0 bridgehead atoms. The van der Waals surface area contributed by atoms with Crippen LogP contribution in [0.3, 0.4) is 0 Å². The van der Waals surface area contributed by atoms with Crippen molar-refractivity contribution in [3.05, 3.63) is 30.1 Å². The van der Waals surface area contributed by atoms with Gasteiger partial charge in [0.15, 0.2) is 0 Å². The zero-order valence-corrected chi connectivity index (χ0v) is 8.14. The lowest BCUT2D eigenvalue weighted by Gasteiger charge is -2.15. The van der Waals surface area contributed by atoms with E-state index < -0.39 is 0 Å². The molecule has 1 N–H and O–H groups in total. The van der Waals surface area contributed by atoms with E-state index >= 15 is 0 Å². The van der Waals surface area contributed by atoms with Crippen molar-refractivity contribution >= 4 is 0 Å². The van der Waals surface area contributed by atoms with E-state index in [1.165, 1.54) is 0 Å². The summed E-state index contributed by atoms with van der Waals surface area (Å²) in [7, 11) is 3.91. The van der Waals surface area contributed by atoms with E-state index in [4.69, 9.17) is 0 Å². The number of rotatable bonds is 4. The second-order valence-electron chi connectivity index (χ2n) is 3.48. The lowest BCUT2D eigenvalue weighted by atomic mass is 10.1. The zero-order valence-electron chi connectivity index (χ0n) is 8.14. The fraction of sp³-hybridized carbons (Fsp3) is 0.500. The largest absolute Gasteiger partial charge is 0.391 e. The van der Waals surface area contributed by atoms with Crippen LogP contribution in [0.4, 0.5) is 0 Å². The van der Waals surface area contributed by atoms with Crippen LogP contribution in [-0.2, 0) is 6.42 Å². The van der Waals surface area contributed by atoms with Gasteiger partial charge in [-0.15, -0.1) is 0 Å². The number of hydrogen-bond donors (Lipinski definition) is 1. The molecular formula is C10H16N2O. The van der Waals surface area contributed by atoms with E-state index in [0.717, 1.165) is 5.56 Å². The topological polar surface area (TPSA) is 36.4 Å². The highest BCUT2D eigenvalue weighted by Crippen LogP contribution is 2.01. The molecule has 1 aromatic rings. The molecular weight excluding hydrogens is 164 g/mol. The van der Waals surface area contributed by atoms with E-state index in [9.17, 15) is 5.11 Å². The smallest absolute Gasteiger partial charge is 0.0707 e. The van der Waals surface area contributed by atoms with Crippen LogP contribution in [0.2, 0.25) is 0 Å². The van der Waals surface area contributed by atoms with E-state index in [-0.39, 0.29) is 6.10 Å². The van der Waals surface area contributed by atoms with Gasteiger partial charge in [-0.25, -0.2) is 0 Å². The van der Waals surface area contributed by atoms with Crippen molar-refractivity contribution in [3.8, 4) is 0 Å². The van der Waals surface area contributed by atoms with Crippen molar-refractivity contribution in [1.29, 1.82) is 0 Å². The maximum absolute atomic E-state index is 9.61. The predicted octanol–water partition coefficient (Wildman–Crippen LogP) is 0.547. The number of aromatic nitrogens is 1. The molecule has 3 nitrogen and oxygen atoms in total. The molecule has 0 aliphatic carbocycles. The third-order valence-electron chi connectivity index (χ3n) is 1.80. The van der Waals surface area contributed by atoms with Crippen molar-refractivity contribution in [2.75, 3.05) is 20.6 Å². The summed E-state index contributed by atoms with van der Waals surface area (Å²) in [4.78, 5) is 5.90. The minimum atomic E-state index is -0.294. The lowest BCUT2D eigenvalue weighted by Crippen LogP contribution is -2.27. The van der Waals surface area contributed by atoms with E-state index in [1.807, 2.05) is 31.1 Å². The third kappa shape index (κ3) is 4.01. The summed E-state index contributed by atoms with van der Waals surface area (Å²) in [5.74, 6) is 0. The van der Waals surface area contributed by atoms with Gasteiger partial charge in [-0.05, 0) is 38.2 Å². The van der Waals surface area contributed by atoms with Crippen molar-refractivity contribution in [2.45, 2.75) is 12.5 Å². The normalized spacial score (nSPS) is 13.2. The van der Waals surface area contributed by atoms with Gasteiger partial charge in [-0.1, -0.05) is 0 Å². The highest BCUT2D eigenvalue weighted by Gasteiger charge is 2.05. The first-order valence-corrected chi connectivity index (χ1v) is 4.40. The summed E-state index contributed by atoms with van der Waals surface area (Å²) >= 11 is 0. The number of hydrogen-bond acceptors (Lipinski definition) is 3. The maximum atomic E-state index is 9.61. The summed E-state index contributed by atoms with van der Waals surface area (Å²) < 4.78 is 0. The molecule has 0 saturated heterocycles. The Hall–Kier alpha value is -0.930. The Bertz CT molecular complexity index is 236. The van der Waals surface area contributed by atoms with E-state index in [0.29, 0.717) is 13.0 Å². The summed E-state index contributed by atoms with van der Waals surface area (Å²) in [6, 6.07) is 3.86. The molecule has 3 heteroatoms. The fourth-order valence-corrected chi connectivity index (χ4v) is 1.28. The molecule has 13 heavy (non-hydrogen) atoms. The molecule has 0 aromatic carbocycles. The number of pyridine rings is 1. The van der Waals surface area contributed by atoms with Gasteiger partial charge in [0.2, 0.25) is 0 Å². The molecule has 0 amide bonds. The molecule has 1 atom stereocenters. The average Bonchev–Trinajstić information content (AvgIpc) is 2.04. The molecule has 0 aliphatic heterocycles. The lowest BCUT2D eigenvalue weighted by molar-refractivity contribution is 0.137. The van der Waals surface area contributed by atoms with E-state index in [2.05, 4.69) is 4.98 Å². The minimum Gasteiger partial charge on any atom is -0.391 e. The van der Waals surface area contributed by atoms with E-state index in [1.54, 1.807) is 12.4 Å². The van der Waals surface area contributed by atoms with Gasteiger partial charge >= 0.3 is 0 Å². The maximum Gasteiger partial charge on any atom is 0.0707 e. The molecule has 1 aromatic heterocycles. The monoisotopic (exact) mass is 180 g/mol. The highest BCUT2D eigenvalue weighted by molar-refractivity contribution is 5.10. The quantitative estimate of drug-likeness (QED) is 0.735. The molecule has 1 rings (SSSR count). The summed E-state index contributed by atoms with van der Waals surface area (Å²) in [5, 5.41) is 9.61. The Balaban J connectivity index is 2.41. The zero-order chi connectivity index (χ0) is 9.68. The SMILES string of the molecule is CN(C)CC(O)Cc1ccncc1. The Labute approximate surface area is 79.0 Å². The predicted molar refractivity (Wildman–Crippen MR) is 52.5 cm³/mol. The Morgan fingerprint density at radius 3 is 2.54 bits per heavy atom. The number of likely N-dealkylation sites (N-methyl/N-ethyl adjacent to an activating group) is 1. The van der Waals surface area contributed by atoms with Gasteiger partial charge in [0.05, 0.1) is 6.10 Å². The minimum absolute atomic E-state index is 0.294.